The van der Waals surface area contributed by atoms with Crippen molar-refractivity contribution in [2.45, 2.75) is 24.2 Å². The van der Waals surface area contributed by atoms with Gasteiger partial charge in [-0.1, -0.05) is 0 Å². The number of hydrogen-bond acceptors (Lipinski definition) is 0. The summed E-state index contributed by atoms with van der Waals surface area (Å²) in [6.07, 6.45) is 0. The number of benzene rings is 4. The van der Waals surface area contributed by atoms with E-state index >= 15 is 0 Å². The Kier molecular flexibility index (Phi) is 6.12. The van der Waals surface area contributed by atoms with Crippen molar-refractivity contribution >= 4 is 38.1 Å². The van der Waals surface area contributed by atoms with Gasteiger partial charge in [-0.05, 0) is 0 Å². The van der Waals surface area contributed by atoms with Crippen molar-refractivity contribution in [3.63, 3.8) is 0 Å². The van der Waals surface area contributed by atoms with Gasteiger partial charge in [-0.2, -0.15) is 0 Å². The third-order valence-corrected chi connectivity index (χ3v) is 16.5. The standard InChI is InChI=1S/C28H20.C4H9.Sn/c1-5-13-23(14-6-1)21-27(25-17-9-3-10-18-25)28(26-19-11-4-12-20-26)22-24-15-7-2-8-16-24;1-4(2)3;/h1-20H;1-3H3;/q;;-1. The Labute approximate surface area is 205 Å². The molecule has 0 atom stereocenters. The molecule has 1 heteroatoms. The van der Waals surface area contributed by atoms with Crippen LogP contribution in [0.5, 0.6) is 0 Å². The molecule has 0 unspecified atom stereocenters. The van der Waals surface area contributed by atoms with E-state index in [1.165, 1.54) is 33.4 Å². The average molecular weight is 532 g/mol. The summed E-state index contributed by atoms with van der Waals surface area (Å²) in [6.45, 7) is 7.39. The molecule has 1 heterocycles. The summed E-state index contributed by atoms with van der Waals surface area (Å²) >= 11 is -2.44. The van der Waals surface area contributed by atoms with E-state index in [2.05, 4.69) is 142 Å². The van der Waals surface area contributed by atoms with E-state index in [-0.39, 0.29) is 3.43 Å². The van der Waals surface area contributed by atoms with Gasteiger partial charge in [-0.25, -0.2) is 0 Å². The van der Waals surface area contributed by atoms with Crippen LogP contribution in [0.15, 0.2) is 121 Å². The van der Waals surface area contributed by atoms with Crippen LogP contribution in [-0.2, 0) is 0 Å². The molecular formula is C32H29Sn-. The zero-order chi connectivity index (χ0) is 22.8. The van der Waals surface area contributed by atoms with E-state index < -0.39 is 19.8 Å². The van der Waals surface area contributed by atoms with E-state index in [0.717, 1.165) is 0 Å². The van der Waals surface area contributed by atoms with Crippen molar-refractivity contribution in [2.75, 3.05) is 0 Å². The Morgan fingerprint density at radius 2 is 0.667 bits per heavy atom. The Bertz CT molecular complexity index is 1190. The molecule has 0 fully saturated rings. The van der Waals surface area contributed by atoms with Gasteiger partial charge in [0.1, 0.15) is 0 Å². The van der Waals surface area contributed by atoms with Gasteiger partial charge in [0.2, 0.25) is 0 Å². The summed E-state index contributed by atoms with van der Waals surface area (Å²) in [5.74, 6) is 0. The van der Waals surface area contributed by atoms with Crippen LogP contribution in [0.25, 0.3) is 18.3 Å². The van der Waals surface area contributed by atoms with E-state index in [9.17, 15) is 0 Å². The second-order valence-corrected chi connectivity index (χ2v) is 18.9. The molecular weight excluding hydrogens is 503 g/mol. The summed E-state index contributed by atoms with van der Waals surface area (Å²) in [4.78, 5) is 0. The first kappa shape index (κ1) is 22.0. The second-order valence-electron chi connectivity index (χ2n) is 9.59. The molecule has 33 heavy (non-hydrogen) atoms. The molecule has 4 aromatic carbocycles. The molecule has 0 amide bonds. The normalized spacial score (nSPS) is 14.2. The van der Waals surface area contributed by atoms with Crippen LogP contribution in [0.1, 0.15) is 43.0 Å². The molecule has 0 saturated heterocycles. The predicted octanol–water partition coefficient (Wildman–Crippen LogP) is 8.60. The van der Waals surface area contributed by atoms with Crippen LogP contribution in [-0.4, -0.2) is 19.8 Å². The monoisotopic (exact) mass is 533 g/mol. The molecule has 0 bridgehead atoms. The summed E-state index contributed by atoms with van der Waals surface area (Å²) < 4.78 is 3.47. The fourth-order valence-electron chi connectivity index (χ4n) is 4.95. The number of hydrogen-bond donors (Lipinski definition) is 0. The van der Waals surface area contributed by atoms with Gasteiger partial charge in [-0.3, -0.25) is 0 Å². The van der Waals surface area contributed by atoms with Crippen LogP contribution in [0.4, 0.5) is 0 Å². The topological polar surface area (TPSA) is 0 Å². The van der Waals surface area contributed by atoms with E-state index in [1.807, 2.05) is 0 Å². The van der Waals surface area contributed by atoms with Gasteiger partial charge >= 0.3 is 206 Å². The van der Waals surface area contributed by atoms with Crippen LogP contribution >= 0.6 is 0 Å². The molecule has 0 nitrogen and oxygen atoms in total. The molecule has 0 saturated carbocycles. The summed E-state index contributed by atoms with van der Waals surface area (Å²) in [7, 11) is 0. The second kappa shape index (κ2) is 9.19. The summed E-state index contributed by atoms with van der Waals surface area (Å²) in [5, 5.41) is 0. The Morgan fingerprint density at radius 1 is 0.394 bits per heavy atom. The molecule has 1 aliphatic heterocycles. The SMILES string of the molecule is C[C](C)(C)[Sn-]1[C](c2ccccc2)=C(c2ccccc2)C(c2ccccc2)=[C]1c1ccccc1. The third kappa shape index (κ3) is 4.25. The van der Waals surface area contributed by atoms with Crippen molar-refractivity contribution < 1.29 is 0 Å². The quantitative estimate of drug-likeness (QED) is 0.231. The van der Waals surface area contributed by atoms with Gasteiger partial charge in [-0.15, -0.1) is 0 Å². The molecule has 0 radical (unpaired) electrons. The first-order valence-corrected chi connectivity index (χ1v) is 15.9. The molecule has 0 N–H and O–H groups in total. The maximum atomic E-state index is 2.46. The Balaban J connectivity index is 1.94. The fraction of sp³-hybridized carbons (Fsp3) is 0.125. The van der Waals surface area contributed by atoms with E-state index in [1.54, 1.807) is 7.18 Å². The molecule has 4 aromatic rings. The predicted molar refractivity (Wildman–Crippen MR) is 145 cm³/mol. The molecule has 0 spiro atoms. The summed E-state index contributed by atoms with van der Waals surface area (Å²) in [5.41, 5.74) is 8.31. The van der Waals surface area contributed by atoms with Crippen molar-refractivity contribution in [3.8, 4) is 0 Å². The average Bonchev–Trinajstić information content (AvgIpc) is 3.23. The van der Waals surface area contributed by atoms with Gasteiger partial charge in [0.15, 0.2) is 0 Å². The maximum absolute atomic E-state index is 2.46. The fourth-order valence-corrected chi connectivity index (χ4v) is 15.5. The zero-order valence-electron chi connectivity index (χ0n) is 19.5. The third-order valence-electron chi connectivity index (χ3n) is 6.25. The van der Waals surface area contributed by atoms with Crippen LogP contribution in [0.3, 0.4) is 0 Å². The van der Waals surface area contributed by atoms with Crippen LogP contribution in [0.2, 0.25) is 3.43 Å². The zero-order valence-corrected chi connectivity index (χ0v) is 22.4. The minimum atomic E-state index is -2.44. The van der Waals surface area contributed by atoms with Crippen molar-refractivity contribution in [1.82, 2.24) is 0 Å². The van der Waals surface area contributed by atoms with Gasteiger partial charge in [0, 0.05) is 0 Å². The molecule has 5 rings (SSSR count). The molecule has 162 valence electrons. The van der Waals surface area contributed by atoms with Crippen molar-refractivity contribution in [2.24, 2.45) is 0 Å². The first-order valence-electron chi connectivity index (χ1n) is 11.6. The molecule has 0 aliphatic carbocycles. The first-order chi connectivity index (χ1) is 16.1. The van der Waals surface area contributed by atoms with Crippen LogP contribution < -0.4 is 0 Å². The van der Waals surface area contributed by atoms with Crippen molar-refractivity contribution in [1.29, 1.82) is 0 Å². The van der Waals surface area contributed by atoms with Gasteiger partial charge in [0.25, 0.3) is 0 Å². The molecule has 1 aliphatic rings. The number of allylic oxidation sites excluding steroid dienone is 2. The number of rotatable bonds is 4. The van der Waals surface area contributed by atoms with Crippen molar-refractivity contribution in [3.05, 3.63) is 144 Å². The van der Waals surface area contributed by atoms with Gasteiger partial charge in [0.05, 0.1) is 0 Å². The van der Waals surface area contributed by atoms with Crippen LogP contribution in [0, 0.1) is 0 Å². The van der Waals surface area contributed by atoms with E-state index in [0.29, 0.717) is 0 Å². The summed E-state index contributed by atoms with van der Waals surface area (Å²) in [6, 6.07) is 44.4. The van der Waals surface area contributed by atoms with Gasteiger partial charge < -0.3 is 0 Å². The Morgan fingerprint density at radius 3 is 0.939 bits per heavy atom. The minimum absolute atomic E-state index is 0.231. The Hall–Kier alpha value is -2.84. The molecule has 0 aromatic heterocycles. The van der Waals surface area contributed by atoms with E-state index in [4.69, 9.17) is 0 Å².